The Kier molecular flexibility index (Phi) is 4.86. The lowest BCUT2D eigenvalue weighted by Crippen LogP contribution is -2.38. The van der Waals surface area contributed by atoms with Crippen molar-refractivity contribution in [1.29, 1.82) is 0 Å². The van der Waals surface area contributed by atoms with Crippen LogP contribution in [0.2, 0.25) is 0 Å². The summed E-state index contributed by atoms with van der Waals surface area (Å²) in [6.07, 6.45) is -2.31. The quantitative estimate of drug-likeness (QED) is 0.799. The zero-order chi connectivity index (χ0) is 18.2. The van der Waals surface area contributed by atoms with Crippen molar-refractivity contribution < 1.29 is 21.6 Å². The van der Waals surface area contributed by atoms with Gasteiger partial charge in [0.2, 0.25) is 10.0 Å². The number of piperidine rings is 1. The highest BCUT2D eigenvalue weighted by molar-refractivity contribution is 7.89. The molecule has 0 spiro atoms. The first-order valence-electron chi connectivity index (χ1n) is 7.69. The third-order valence-corrected chi connectivity index (χ3v) is 6.93. The summed E-state index contributed by atoms with van der Waals surface area (Å²) >= 11 is 1.34. The minimum absolute atomic E-state index is 0.145. The topological polar surface area (TPSA) is 63.2 Å². The molecular formula is C15H16F3N3O2S2. The average molecular weight is 391 g/mol. The van der Waals surface area contributed by atoms with Crippen molar-refractivity contribution in [3.05, 3.63) is 39.8 Å². The number of halogens is 3. The van der Waals surface area contributed by atoms with E-state index in [2.05, 4.69) is 10.2 Å². The Balaban J connectivity index is 1.94. The van der Waals surface area contributed by atoms with Gasteiger partial charge in [0.05, 0.1) is 16.5 Å². The molecule has 3 rings (SSSR count). The van der Waals surface area contributed by atoms with E-state index in [1.165, 1.54) is 15.6 Å². The van der Waals surface area contributed by atoms with Crippen molar-refractivity contribution in [1.82, 2.24) is 14.5 Å². The van der Waals surface area contributed by atoms with Gasteiger partial charge in [-0.3, -0.25) is 0 Å². The van der Waals surface area contributed by atoms with Gasteiger partial charge in [-0.25, -0.2) is 8.42 Å². The van der Waals surface area contributed by atoms with Gasteiger partial charge in [-0.2, -0.15) is 17.5 Å². The van der Waals surface area contributed by atoms with Gasteiger partial charge in [-0.05, 0) is 44.0 Å². The van der Waals surface area contributed by atoms with Gasteiger partial charge < -0.3 is 0 Å². The van der Waals surface area contributed by atoms with Crippen LogP contribution in [0.4, 0.5) is 13.2 Å². The fraction of sp³-hybridized carbons (Fsp3) is 0.467. The van der Waals surface area contributed by atoms with Gasteiger partial charge in [0.25, 0.3) is 0 Å². The van der Waals surface area contributed by atoms with Crippen LogP contribution in [0.25, 0.3) is 0 Å². The third kappa shape index (κ3) is 3.70. The predicted octanol–water partition coefficient (Wildman–Crippen LogP) is 3.78. The number of sulfonamides is 1. The lowest BCUT2D eigenvalue weighted by Gasteiger charge is -2.33. The number of alkyl halides is 3. The molecule has 10 heteroatoms. The molecule has 1 atom stereocenters. The molecule has 136 valence electrons. The summed E-state index contributed by atoms with van der Waals surface area (Å²) in [7, 11) is -3.91. The summed E-state index contributed by atoms with van der Waals surface area (Å²) in [6.45, 7) is 2.10. The van der Waals surface area contributed by atoms with E-state index in [1.54, 1.807) is 6.92 Å². The fourth-order valence-corrected chi connectivity index (χ4v) is 5.41. The lowest BCUT2D eigenvalue weighted by molar-refractivity contribution is -0.137. The van der Waals surface area contributed by atoms with Gasteiger partial charge >= 0.3 is 6.18 Å². The standard InChI is InChI=1S/C15H16F3N3O2S2/c1-10-19-20-14(24-10)13-4-2-3-9-21(13)25(22,23)12-7-5-11(6-8-12)15(16,17)18/h5-8,13H,2-4,9H2,1H3. The molecule has 1 aliphatic rings. The number of hydrogen-bond donors (Lipinski definition) is 0. The zero-order valence-corrected chi connectivity index (χ0v) is 15.0. The maximum Gasteiger partial charge on any atom is 0.416 e. The Bertz CT molecular complexity index is 848. The first-order chi connectivity index (χ1) is 11.7. The SMILES string of the molecule is Cc1nnc(C2CCCCN2S(=O)(=O)c2ccc(C(F)(F)F)cc2)s1. The fourth-order valence-electron chi connectivity index (χ4n) is 2.84. The van der Waals surface area contributed by atoms with Crippen molar-refractivity contribution in [2.24, 2.45) is 0 Å². The largest absolute Gasteiger partial charge is 0.416 e. The van der Waals surface area contributed by atoms with Gasteiger partial charge in [-0.15, -0.1) is 21.5 Å². The molecule has 1 aliphatic heterocycles. The number of nitrogens with zero attached hydrogens (tertiary/aromatic N) is 3. The molecule has 0 aliphatic carbocycles. The molecule has 2 heterocycles. The van der Waals surface area contributed by atoms with Crippen LogP contribution in [-0.2, 0) is 16.2 Å². The first-order valence-corrected chi connectivity index (χ1v) is 9.94. The monoisotopic (exact) mass is 391 g/mol. The van der Waals surface area contributed by atoms with E-state index >= 15 is 0 Å². The molecular weight excluding hydrogens is 375 g/mol. The van der Waals surface area contributed by atoms with Crippen molar-refractivity contribution in [2.75, 3.05) is 6.54 Å². The summed E-state index contributed by atoms with van der Waals surface area (Å²) < 4.78 is 65.3. The summed E-state index contributed by atoms with van der Waals surface area (Å²) in [4.78, 5) is -0.145. The van der Waals surface area contributed by atoms with E-state index in [0.29, 0.717) is 24.4 Å². The highest BCUT2D eigenvalue weighted by atomic mass is 32.2. The van der Waals surface area contributed by atoms with E-state index in [9.17, 15) is 21.6 Å². The molecule has 1 unspecified atom stereocenters. The van der Waals surface area contributed by atoms with Crippen molar-refractivity contribution >= 4 is 21.4 Å². The summed E-state index contributed by atoms with van der Waals surface area (Å²) in [5.41, 5.74) is -0.874. The summed E-state index contributed by atoms with van der Waals surface area (Å²) in [5.74, 6) is 0. The van der Waals surface area contributed by atoms with Crippen LogP contribution in [0.1, 0.15) is 40.9 Å². The minimum atomic E-state index is -4.50. The highest BCUT2D eigenvalue weighted by Crippen LogP contribution is 2.37. The van der Waals surface area contributed by atoms with Gasteiger partial charge in [0.1, 0.15) is 10.0 Å². The number of aryl methyl sites for hydroxylation is 1. The molecule has 0 radical (unpaired) electrons. The maximum atomic E-state index is 12.9. The summed E-state index contributed by atoms with van der Waals surface area (Å²) in [5, 5.41) is 9.36. The van der Waals surface area contributed by atoms with Gasteiger partial charge in [0.15, 0.2) is 0 Å². The molecule has 25 heavy (non-hydrogen) atoms. The van der Waals surface area contributed by atoms with Crippen LogP contribution < -0.4 is 0 Å². The normalized spacial score (nSPS) is 19.9. The minimum Gasteiger partial charge on any atom is -0.207 e. The van der Waals surface area contributed by atoms with E-state index in [4.69, 9.17) is 0 Å². The molecule has 5 nitrogen and oxygen atoms in total. The molecule has 1 aromatic heterocycles. The van der Waals surface area contributed by atoms with Crippen molar-refractivity contribution in [3.8, 4) is 0 Å². The Labute approximate surface area is 147 Å². The van der Waals surface area contributed by atoms with E-state index < -0.39 is 27.8 Å². The molecule has 0 bridgehead atoms. The predicted molar refractivity (Wildman–Crippen MR) is 86.6 cm³/mol. The third-order valence-electron chi connectivity index (χ3n) is 4.07. The molecule has 2 aromatic rings. The van der Waals surface area contributed by atoms with E-state index in [-0.39, 0.29) is 4.90 Å². The molecule has 1 aromatic carbocycles. The Hall–Kier alpha value is -1.52. The second-order valence-corrected chi connectivity index (χ2v) is 8.91. The summed E-state index contributed by atoms with van der Waals surface area (Å²) in [6, 6.07) is 3.18. The van der Waals surface area contributed by atoms with Gasteiger partial charge in [0, 0.05) is 6.54 Å². The van der Waals surface area contributed by atoms with Crippen LogP contribution in [0.5, 0.6) is 0 Å². The average Bonchev–Trinajstić information content (AvgIpc) is 3.00. The van der Waals surface area contributed by atoms with Gasteiger partial charge in [-0.1, -0.05) is 6.42 Å². The Morgan fingerprint density at radius 1 is 1.16 bits per heavy atom. The molecule has 0 amide bonds. The van der Waals surface area contributed by atoms with Crippen molar-refractivity contribution in [2.45, 2.75) is 43.3 Å². The second-order valence-electron chi connectivity index (χ2n) is 5.81. The lowest BCUT2D eigenvalue weighted by atomic mass is 10.1. The second kappa shape index (κ2) is 6.65. The number of hydrogen-bond acceptors (Lipinski definition) is 5. The van der Waals surface area contributed by atoms with E-state index in [0.717, 1.165) is 35.7 Å². The Morgan fingerprint density at radius 3 is 2.40 bits per heavy atom. The number of benzene rings is 1. The molecule has 0 N–H and O–H groups in total. The molecule has 1 saturated heterocycles. The van der Waals surface area contributed by atoms with Crippen LogP contribution in [0.15, 0.2) is 29.2 Å². The van der Waals surface area contributed by atoms with Crippen LogP contribution in [0.3, 0.4) is 0 Å². The highest BCUT2D eigenvalue weighted by Gasteiger charge is 2.37. The maximum absolute atomic E-state index is 12.9. The van der Waals surface area contributed by atoms with Crippen LogP contribution in [-0.4, -0.2) is 29.5 Å². The number of rotatable bonds is 3. The molecule has 1 fully saturated rings. The number of aromatic nitrogens is 2. The molecule has 0 saturated carbocycles. The van der Waals surface area contributed by atoms with Crippen LogP contribution >= 0.6 is 11.3 Å². The Morgan fingerprint density at radius 2 is 1.84 bits per heavy atom. The van der Waals surface area contributed by atoms with E-state index in [1.807, 2.05) is 0 Å². The van der Waals surface area contributed by atoms with Crippen molar-refractivity contribution in [3.63, 3.8) is 0 Å². The van der Waals surface area contributed by atoms with Crippen LogP contribution in [0, 0.1) is 6.92 Å². The first kappa shape index (κ1) is 18.3. The zero-order valence-electron chi connectivity index (χ0n) is 13.3. The smallest absolute Gasteiger partial charge is 0.207 e.